The van der Waals surface area contributed by atoms with Crippen LogP contribution in [0.25, 0.3) is 0 Å². The number of hydrogen-bond acceptors (Lipinski definition) is 6. The number of nitrogens with zero attached hydrogens (tertiary/aromatic N) is 6. The van der Waals surface area contributed by atoms with Gasteiger partial charge in [-0.2, -0.15) is 28.5 Å². The third-order valence-corrected chi connectivity index (χ3v) is 4.55. The van der Waals surface area contributed by atoms with E-state index >= 15 is 0 Å². The first-order valence-electron chi connectivity index (χ1n) is 9.78. The SMILES string of the molecule is Br.CCCCCCn1ncc(N=NC(Cn2ccnc2)C(C)NC(=O)C(F)(F)F)c1N. The van der Waals surface area contributed by atoms with Crippen LogP contribution in [0.2, 0.25) is 0 Å². The van der Waals surface area contributed by atoms with Crippen LogP contribution in [0.3, 0.4) is 0 Å². The molecule has 3 N–H and O–H groups in total. The van der Waals surface area contributed by atoms with E-state index in [0.717, 1.165) is 25.7 Å². The molecule has 0 fully saturated rings. The predicted octanol–water partition coefficient (Wildman–Crippen LogP) is 4.04. The molecule has 0 aliphatic heterocycles. The molecule has 2 rings (SSSR count). The third kappa shape index (κ3) is 8.31. The molecule has 9 nitrogen and oxygen atoms in total. The average molecular weight is 509 g/mol. The molecule has 0 radical (unpaired) electrons. The topological polar surface area (TPSA) is 115 Å². The van der Waals surface area contributed by atoms with Gasteiger partial charge >= 0.3 is 12.1 Å². The molecule has 0 aliphatic carbocycles. The van der Waals surface area contributed by atoms with Gasteiger partial charge in [0.1, 0.15) is 17.5 Å². The second-order valence-corrected chi connectivity index (χ2v) is 7.00. The van der Waals surface area contributed by atoms with Gasteiger partial charge in [-0.05, 0) is 13.3 Å². The van der Waals surface area contributed by atoms with E-state index in [-0.39, 0.29) is 23.5 Å². The highest BCUT2D eigenvalue weighted by Gasteiger charge is 2.40. The monoisotopic (exact) mass is 508 g/mol. The number of aryl methyl sites for hydroxylation is 1. The number of halogens is 4. The van der Waals surface area contributed by atoms with Gasteiger partial charge in [-0.15, -0.1) is 17.0 Å². The summed E-state index contributed by atoms with van der Waals surface area (Å²) in [5, 5.41) is 14.4. The van der Waals surface area contributed by atoms with Crippen LogP contribution < -0.4 is 11.1 Å². The van der Waals surface area contributed by atoms with Gasteiger partial charge in [0.15, 0.2) is 0 Å². The first kappa shape index (κ1) is 26.6. The molecule has 2 heterocycles. The molecule has 0 bridgehead atoms. The van der Waals surface area contributed by atoms with Crippen molar-refractivity contribution >= 4 is 34.4 Å². The minimum Gasteiger partial charge on any atom is -0.382 e. The van der Waals surface area contributed by atoms with Crippen molar-refractivity contribution in [1.82, 2.24) is 24.6 Å². The predicted molar refractivity (Wildman–Crippen MR) is 115 cm³/mol. The highest BCUT2D eigenvalue weighted by molar-refractivity contribution is 8.93. The van der Waals surface area contributed by atoms with E-state index in [9.17, 15) is 18.0 Å². The van der Waals surface area contributed by atoms with Crippen molar-refractivity contribution in [2.45, 2.75) is 70.9 Å². The number of rotatable bonds is 11. The smallest absolute Gasteiger partial charge is 0.382 e. The van der Waals surface area contributed by atoms with E-state index in [1.54, 1.807) is 15.4 Å². The third-order valence-electron chi connectivity index (χ3n) is 4.55. The summed E-state index contributed by atoms with van der Waals surface area (Å²) in [6.07, 6.45) is 5.41. The molecule has 0 aromatic carbocycles. The maximum absolute atomic E-state index is 12.6. The lowest BCUT2D eigenvalue weighted by Crippen LogP contribution is -2.47. The van der Waals surface area contributed by atoms with Crippen LogP contribution in [0.4, 0.5) is 24.7 Å². The molecule has 174 valence electrons. The normalized spacial score (nSPS) is 13.7. The van der Waals surface area contributed by atoms with Gasteiger partial charge in [-0.1, -0.05) is 26.2 Å². The lowest BCUT2D eigenvalue weighted by molar-refractivity contribution is -0.174. The van der Waals surface area contributed by atoms with E-state index < -0.39 is 24.2 Å². The maximum atomic E-state index is 12.6. The summed E-state index contributed by atoms with van der Waals surface area (Å²) in [6, 6.07) is -1.71. The summed E-state index contributed by atoms with van der Waals surface area (Å²) in [5.41, 5.74) is 6.40. The zero-order valence-corrected chi connectivity index (χ0v) is 19.1. The summed E-state index contributed by atoms with van der Waals surface area (Å²) < 4.78 is 41.1. The summed E-state index contributed by atoms with van der Waals surface area (Å²) >= 11 is 0. The second-order valence-electron chi connectivity index (χ2n) is 7.00. The number of aromatic nitrogens is 4. The molecule has 0 aliphatic rings. The van der Waals surface area contributed by atoms with Crippen LogP contribution in [0.15, 0.2) is 35.1 Å². The Morgan fingerprint density at radius 1 is 1.32 bits per heavy atom. The largest absolute Gasteiger partial charge is 0.471 e. The fourth-order valence-electron chi connectivity index (χ4n) is 2.76. The number of nitrogens with two attached hydrogens (primary N) is 1. The number of nitrogen functional groups attached to an aromatic ring is 1. The van der Waals surface area contributed by atoms with E-state index in [1.807, 2.05) is 5.32 Å². The quantitative estimate of drug-likeness (QED) is 0.351. The van der Waals surface area contributed by atoms with Crippen molar-refractivity contribution in [3.05, 3.63) is 24.9 Å². The van der Waals surface area contributed by atoms with Crippen molar-refractivity contribution in [2.75, 3.05) is 5.73 Å². The number of unbranched alkanes of at least 4 members (excludes halogenated alkanes) is 3. The number of hydrogen-bond donors (Lipinski definition) is 2. The Morgan fingerprint density at radius 3 is 2.68 bits per heavy atom. The van der Waals surface area contributed by atoms with Crippen molar-refractivity contribution in [2.24, 2.45) is 10.2 Å². The highest BCUT2D eigenvalue weighted by Crippen LogP contribution is 2.23. The highest BCUT2D eigenvalue weighted by atomic mass is 79.9. The summed E-state index contributed by atoms with van der Waals surface area (Å²) in [4.78, 5) is 15.2. The fourth-order valence-corrected chi connectivity index (χ4v) is 2.76. The molecule has 2 unspecified atom stereocenters. The van der Waals surface area contributed by atoms with Crippen LogP contribution in [-0.2, 0) is 17.9 Å². The number of amides is 1. The van der Waals surface area contributed by atoms with E-state index in [2.05, 4.69) is 27.2 Å². The van der Waals surface area contributed by atoms with Gasteiger partial charge < -0.3 is 15.6 Å². The second kappa shape index (κ2) is 12.4. The van der Waals surface area contributed by atoms with E-state index in [4.69, 9.17) is 5.73 Å². The molecule has 2 atom stereocenters. The van der Waals surface area contributed by atoms with Crippen LogP contribution in [0, 0.1) is 0 Å². The van der Waals surface area contributed by atoms with Gasteiger partial charge in [0, 0.05) is 25.5 Å². The van der Waals surface area contributed by atoms with Crippen molar-refractivity contribution in [3.8, 4) is 0 Å². The van der Waals surface area contributed by atoms with Crippen molar-refractivity contribution < 1.29 is 18.0 Å². The van der Waals surface area contributed by atoms with Crippen molar-refractivity contribution in [3.63, 3.8) is 0 Å². The molecule has 0 saturated heterocycles. The Balaban J connectivity index is 0.00000480. The van der Waals surface area contributed by atoms with E-state index in [1.165, 1.54) is 25.6 Å². The maximum Gasteiger partial charge on any atom is 0.471 e. The summed E-state index contributed by atoms with van der Waals surface area (Å²) in [5.74, 6) is -1.69. The van der Waals surface area contributed by atoms with Crippen LogP contribution in [0.5, 0.6) is 0 Å². The minimum absolute atomic E-state index is 0. The van der Waals surface area contributed by atoms with Crippen molar-refractivity contribution in [1.29, 1.82) is 0 Å². The zero-order valence-electron chi connectivity index (χ0n) is 17.4. The van der Waals surface area contributed by atoms with Crippen LogP contribution >= 0.6 is 17.0 Å². The number of alkyl halides is 3. The number of anilines is 1. The lowest BCUT2D eigenvalue weighted by Gasteiger charge is -2.21. The molecule has 0 spiro atoms. The van der Waals surface area contributed by atoms with Gasteiger partial charge in [-0.3, -0.25) is 4.79 Å². The van der Waals surface area contributed by atoms with Gasteiger partial charge in [0.25, 0.3) is 0 Å². The number of imidazole rings is 1. The zero-order chi connectivity index (χ0) is 22.1. The van der Waals surface area contributed by atoms with Gasteiger partial charge in [-0.25, -0.2) is 9.67 Å². The molecule has 0 saturated carbocycles. The summed E-state index contributed by atoms with van der Waals surface area (Å²) in [7, 11) is 0. The first-order chi connectivity index (χ1) is 14.2. The molecule has 1 amide bonds. The Morgan fingerprint density at radius 2 is 2.06 bits per heavy atom. The van der Waals surface area contributed by atoms with Gasteiger partial charge in [0.05, 0.1) is 18.6 Å². The Hall–Kier alpha value is -2.44. The molecular formula is C18H28BrF3N8O. The standard InChI is InChI=1S/C18H27F3N8O.BrH/c1-3-4-5-6-8-29-16(22)14(10-24-29)26-27-15(11-28-9-7-23-12-28)13(2)25-17(30)18(19,20)21;/h7,9-10,12-13,15H,3-6,8,11,22H2,1-2H3,(H,25,30);1H. The number of azo groups is 1. The Bertz CT molecular complexity index is 822. The Kier molecular flexibility index (Phi) is 10.7. The Labute approximate surface area is 189 Å². The molecule has 13 heteroatoms. The molecule has 2 aromatic rings. The number of nitrogens with one attached hydrogen (secondary N) is 1. The number of carbonyl (C=O) groups excluding carboxylic acids is 1. The molecule has 2 aromatic heterocycles. The molecule has 31 heavy (non-hydrogen) atoms. The lowest BCUT2D eigenvalue weighted by atomic mass is 10.1. The first-order valence-corrected chi connectivity index (χ1v) is 9.78. The molecular weight excluding hydrogens is 481 g/mol. The van der Waals surface area contributed by atoms with Gasteiger partial charge in [0.2, 0.25) is 0 Å². The van der Waals surface area contributed by atoms with Crippen LogP contribution in [-0.4, -0.2) is 43.5 Å². The fraction of sp³-hybridized carbons (Fsp3) is 0.611. The average Bonchev–Trinajstić information content (AvgIpc) is 3.31. The van der Waals surface area contributed by atoms with Crippen LogP contribution in [0.1, 0.15) is 39.5 Å². The minimum atomic E-state index is -4.98. The number of carbonyl (C=O) groups is 1. The summed E-state index contributed by atoms with van der Waals surface area (Å²) in [6.45, 7) is 4.38. The van der Waals surface area contributed by atoms with E-state index in [0.29, 0.717) is 18.1 Å².